The Morgan fingerprint density at radius 1 is 0.301 bits per heavy atom. The first-order chi connectivity index (χ1) is 35.9. The van der Waals surface area contributed by atoms with E-state index >= 15 is 0 Å². The summed E-state index contributed by atoms with van der Waals surface area (Å²) in [6.07, 6.45) is 0. The highest BCUT2D eigenvalue weighted by Crippen LogP contribution is 2.51. The topological polar surface area (TPSA) is 13.1 Å². The lowest BCUT2D eigenvalue weighted by Gasteiger charge is -2.27. The number of fused-ring (bicyclic) bond motifs is 9. The molecule has 0 saturated carbocycles. The zero-order chi connectivity index (χ0) is 48.8. The van der Waals surface area contributed by atoms with Gasteiger partial charge in [0.2, 0.25) is 0 Å². The molecule has 3 nitrogen and oxygen atoms in total. The molecule has 0 unspecified atom stereocenters. The van der Waals surface area contributed by atoms with Crippen molar-refractivity contribution in [3.8, 4) is 55.9 Å². The van der Waals surface area contributed by atoms with Crippen LogP contribution in [0.2, 0.25) is 0 Å². The molecule has 1 aliphatic rings. The molecule has 73 heavy (non-hydrogen) atoms. The Labute approximate surface area is 426 Å². The second kappa shape index (κ2) is 16.7. The fourth-order valence-corrected chi connectivity index (χ4v) is 12.0. The molecule has 346 valence electrons. The van der Waals surface area contributed by atoms with Gasteiger partial charge in [0, 0.05) is 55.4 Å². The molecule has 0 spiro atoms. The van der Waals surface area contributed by atoms with Crippen molar-refractivity contribution in [3.63, 3.8) is 0 Å². The van der Waals surface area contributed by atoms with Crippen LogP contribution < -0.4 is 4.90 Å². The number of rotatable bonds is 8. The zero-order valence-corrected chi connectivity index (χ0v) is 41.1. The van der Waals surface area contributed by atoms with Crippen molar-refractivity contribution < 1.29 is 0 Å². The monoisotopic (exact) mass is 933 g/mol. The largest absolute Gasteiger partial charge is 0.310 e. The van der Waals surface area contributed by atoms with Crippen molar-refractivity contribution in [2.75, 3.05) is 4.90 Å². The summed E-state index contributed by atoms with van der Waals surface area (Å²) < 4.78 is 4.78. The first-order valence-electron chi connectivity index (χ1n) is 25.4. The normalized spacial score (nSPS) is 12.7. The molecule has 2 heterocycles. The molecule has 0 aliphatic heterocycles. The summed E-state index contributed by atoms with van der Waals surface area (Å²) in [6, 6.07) is 94.3. The maximum absolute atomic E-state index is 2.43. The number of anilines is 3. The summed E-state index contributed by atoms with van der Waals surface area (Å²) in [7, 11) is 0. The zero-order valence-electron chi connectivity index (χ0n) is 41.1. The standard InChI is InChI=1S/C70H51N3/c1-46-29-33-55(34-30-46)71(57-35-36-65-61(45-57)58-23-10-13-26-64(58)70(65,2)3)56-22-16-17-47(42-56)50-39-51(48-31-37-68-62(43-48)59-24-11-14-27-66(59)72(68)53-18-6-4-7-19-53)41-52(40-50)49-32-38-69-63(44-49)60-25-12-15-28-67(60)73(69)54-20-8-5-9-21-54/h4-45H,1-3H3. The molecule has 0 bridgehead atoms. The van der Waals surface area contributed by atoms with E-state index in [2.05, 4.69) is 290 Å². The van der Waals surface area contributed by atoms with Gasteiger partial charge in [0.1, 0.15) is 0 Å². The van der Waals surface area contributed by atoms with Crippen LogP contribution in [0.3, 0.4) is 0 Å². The van der Waals surface area contributed by atoms with Crippen LogP contribution in [0.25, 0.3) is 99.5 Å². The van der Waals surface area contributed by atoms with Gasteiger partial charge < -0.3 is 14.0 Å². The van der Waals surface area contributed by atoms with Gasteiger partial charge in [-0.3, -0.25) is 0 Å². The van der Waals surface area contributed by atoms with Gasteiger partial charge in [0.15, 0.2) is 0 Å². The quantitative estimate of drug-likeness (QED) is 0.148. The maximum atomic E-state index is 2.43. The number of aryl methyl sites for hydroxylation is 1. The van der Waals surface area contributed by atoms with E-state index in [1.807, 2.05) is 0 Å². The third-order valence-corrected chi connectivity index (χ3v) is 15.5. The van der Waals surface area contributed by atoms with E-state index in [0.717, 1.165) is 39.6 Å². The molecular formula is C70H51N3. The Kier molecular flexibility index (Phi) is 9.78. The van der Waals surface area contributed by atoms with E-state index in [-0.39, 0.29) is 5.41 Å². The molecule has 0 saturated heterocycles. The van der Waals surface area contributed by atoms with Crippen LogP contribution in [0.5, 0.6) is 0 Å². The van der Waals surface area contributed by atoms with Crippen LogP contribution in [-0.2, 0) is 5.41 Å². The summed E-state index contributed by atoms with van der Waals surface area (Å²) in [4.78, 5) is 2.43. The molecule has 2 aromatic heterocycles. The molecular weight excluding hydrogens is 883 g/mol. The molecule has 0 N–H and O–H groups in total. The summed E-state index contributed by atoms with van der Waals surface area (Å²) in [5.74, 6) is 0. The van der Waals surface area contributed by atoms with Crippen LogP contribution in [0.4, 0.5) is 17.1 Å². The van der Waals surface area contributed by atoms with Crippen molar-refractivity contribution in [3.05, 3.63) is 271 Å². The van der Waals surface area contributed by atoms with E-state index < -0.39 is 0 Å². The summed E-state index contributed by atoms with van der Waals surface area (Å²) in [6.45, 7) is 6.86. The molecule has 0 radical (unpaired) electrons. The first kappa shape index (κ1) is 42.7. The highest BCUT2D eigenvalue weighted by atomic mass is 15.1. The van der Waals surface area contributed by atoms with E-state index in [4.69, 9.17) is 0 Å². The van der Waals surface area contributed by atoms with Crippen LogP contribution in [-0.4, -0.2) is 9.13 Å². The average molecular weight is 934 g/mol. The number of para-hydroxylation sites is 4. The molecule has 0 fully saturated rings. The SMILES string of the molecule is Cc1ccc(N(c2cccc(-c3cc(-c4ccc5c(c4)c4ccccc4n5-c4ccccc4)cc(-c4ccc5c(c4)c4ccccc4n5-c4ccccc4)c3)c2)c2ccc3c(c2)-c2ccccc2C3(C)C)cc1. The van der Waals surface area contributed by atoms with Gasteiger partial charge in [-0.1, -0.05) is 159 Å². The minimum absolute atomic E-state index is 0.0746. The lowest BCUT2D eigenvalue weighted by Crippen LogP contribution is -2.15. The van der Waals surface area contributed by atoms with Crippen molar-refractivity contribution in [2.24, 2.45) is 0 Å². The van der Waals surface area contributed by atoms with Gasteiger partial charge in [-0.15, -0.1) is 0 Å². The Hall–Kier alpha value is -9.18. The predicted octanol–water partition coefficient (Wildman–Crippen LogP) is 19.0. The molecule has 0 atom stereocenters. The Bertz CT molecular complexity index is 4110. The summed E-state index contributed by atoms with van der Waals surface area (Å²) >= 11 is 0. The van der Waals surface area contributed by atoms with Crippen molar-refractivity contribution in [1.29, 1.82) is 0 Å². The van der Waals surface area contributed by atoms with Gasteiger partial charge in [-0.05, 0) is 178 Å². The Balaban J connectivity index is 0.962. The van der Waals surface area contributed by atoms with Gasteiger partial charge in [0.05, 0.1) is 22.1 Å². The van der Waals surface area contributed by atoms with Crippen LogP contribution in [0.1, 0.15) is 30.5 Å². The van der Waals surface area contributed by atoms with E-state index in [9.17, 15) is 0 Å². The minimum atomic E-state index is -0.0746. The van der Waals surface area contributed by atoms with Crippen molar-refractivity contribution in [2.45, 2.75) is 26.2 Å². The molecule has 1 aliphatic carbocycles. The maximum Gasteiger partial charge on any atom is 0.0541 e. The number of benzene rings is 11. The first-order valence-corrected chi connectivity index (χ1v) is 25.4. The number of hydrogen-bond acceptors (Lipinski definition) is 1. The van der Waals surface area contributed by atoms with Gasteiger partial charge >= 0.3 is 0 Å². The number of nitrogens with zero attached hydrogens (tertiary/aromatic N) is 3. The van der Waals surface area contributed by atoms with Gasteiger partial charge in [-0.2, -0.15) is 0 Å². The van der Waals surface area contributed by atoms with E-state index in [0.29, 0.717) is 0 Å². The molecule has 3 heteroatoms. The highest BCUT2D eigenvalue weighted by Gasteiger charge is 2.35. The van der Waals surface area contributed by atoms with Crippen LogP contribution >= 0.6 is 0 Å². The van der Waals surface area contributed by atoms with Crippen LogP contribution in [0.15, 0.2) is 255 Å². The summed E-state index contributed by atoms with van der Waals surface area (Å²) in [5.41, 5.74) is 23.9. The minimum Gasteiger partial charge on any atom is -0.310 e. The lowest BCUT2D eigenvalue weighted by atomic mass is 9.82. The third kappa shape index (κ3) is 6.95. The fraction of sp³-hybridized carbons (Fsp3) is 0.0571. The predicted molar refractivity (Wildman–Crippen MR) is 308 cm³/mol. The third-order valence-electron chi connectivity index (χ3n) is 15.5. The number of aromatic nitrogens is 2. The smallest absolute Gasteiger partial charge is 0.0541 e. The summed E-state index contributed by atoms with van der Waals surface area (Å²) in [5, 5.41) is 4.94. The second-order valence-corrected chi connectivity index (χ2v) is 20.3. The van der Waals surface area contributed by atoms with E-state index in [1.54, 1.807) is 0 Å². The van der Waals surface area contributed by atoms with Gasteiger partial charge in [0.25, 0.3) is 0 Å². The number of hydrogen-bond donors (Lipinski definition) is 0. The average Bonchev–Trinajstić information content (AvgIpc) is 4.04. The molecule has 13 aromatic rings. The Morgan fingerprint density at radius 3 is 1.36 bits per heavy atom. The van der Waals surface area contributed by atoms with Crippen molar-refractivity contribution in [1.82, 2.24) is 9.13 Å². The van der Waals surface area contributed by atoms with Crippen molar-refractivity contribution >= 4 is 60.7 Å². The highest BCUT2D eigenvalue weighted by molar-refractivity contribution is 6.12. The van der Waals surface area contributed by atoms with E-state index in [1.165, 1.54) is 93.7 Å². The fourth-order valence-electron chi connectivity index (χ4n) is 12.0. The lowest BCUT2D eigenvalue weighted by molar-refractivity contribution is 0.660. The second-order valence-electron chi connectivity index (χ2n) is 20.3. The van der Waals surface area contributed by atoms with Crippen LogP contribution in [0, 0.1) is 6.92 Å². The molecule has 11 aromatic carbocycles. The van der Waals surface area contributed by atoms with Gasteiger partial charge in [-0.25, -0.2) is 0 Å². The Morgan fingerprint density at radius 2 is 0.767 bits per heavy atom. The molecule has 14 rings (SSSR count). The molecule has 0 amide bonds.